The highest BCUT2D eigenvalue weighted by Crippen LogP contribution is 2.45. The Balaban J connectivity index is 1.71. The summed E-state index contributed by atoms with van der Waals surface area (Å²) in [6, 6.07) is 7.41. The first-order chi connectivity index (χ1) is 11.6. The highest BCUT2D eigenvalue weighted by atomic mass is 16.6. The van der Waals surface area contributed by atoms with E-state index in [9.17, 15) is 14.7 Å². The molecule has 2 saturated heterocycles. The van der Waals surface area contributed by atoms with Gasteiger partial charge in [-0.1, -0.05) is 18.2 Å². The Morgan fingerprint density at radius 2 is 2.00 bits per heavy atom. The molecular formula is C18H22O6. The number of fused-ring (bicyclic) bond motifs is 2. The van der Waals surface area contributed by atoms with Crippen LogP contribution in [0.5, 0.6) is 5.75 Å². The summed E-state index contributed by atoms with van der Waals surface area (Å²) in [5.41, 5.74) is 0.897. The van der Waals surface area contributed by atoms with Crippen LogP contribution in [0.15, 0.2) is 24.3 Å². The summed E-state index contributed by atoms with van der Waals surface area (Å²) >= 11 is 0. The molecule has 1 aromatic carbocycles. The summed E-state index contributed by atoms with van der Waals surface area (Å²) in [6.45, 7) is 1.90. The molecule has 2 heterocycles. The molecule has 0 saturated carbocycles. The molecule has 4 atom stereocenters. The van der Waals surface area contributed by atoms with Crippen LogP contribution < -0.4 is 4.74 Å². The third-order valence-electron chi connectivity index (χ3n) is 4.79. The molecule has 130 valence electrons. The summed E-state index contributed by atoms with van der Waals surface area (Å²) < 4.78 is 16.2. The fourth-order valence-electron chi connectivity index (χ4n) is 3.78. The quantitative estimate of drug-likeness (QED) is 0.769. The van der Waals surface area contributed by atoms with Crippen molar-refractivity contribution in [1.29, 1.82) is 0 Å². The van der Waals surface area contributed by atoms with E-state index in [0.29, 0.717) is 18.8 Å². The van der Waals surface area contributed by atoms with Crippen molar-refractivity contribution in [2.24, 2.45) is 11.8 Å². The number of hydrogen-bond acceptors (Lipinski definition) is 5. The van der Waals surface area contributed by atoms with Crippen molar-refractivity contribution < 1.29 is 28.9 Å². The monoisotopic (exact) mass is 334 g/mol. The number of carbonyl (C=O) groups is 2. The van der Waals surface area contributed by atoms with Crippen LogP contribution in [0, 0.1) is 11.8 Å². The van der Waals surface area contributed by atoms with Gasteiger partial charge in [-0.25, -0.2) is 4.79 Å². The molecular weight excluding hydrogens is 312 g/mol. The van der Waals surface area contributed by atoms with Crippen LogP contribution in [-0.4, -0.2) is 42.5 Å². The zero-order valence-corrected chi connectivity index (χ0v) is 13.6. The third-order valence-corrected chi connectivity index (χ3v) is 4.79. The van der Waals surface area contributed by atoms with Crippen LogP contribution in [0.25, 0.3) is 0 Å². The van der Waals surface area contributed by atoms with Crippen LogP contribution in [0.3, 0.4) is 0 Å². The first kappa shape index (κ1) is 16.8. The molecule has 2 aliphatic heterocycles. The Kier molecular flexibility index (Phi) is 5.04. The zero-order chi connectivity index (χ0) is 17.1. The van der Waals surface area contributed by atoms with Gasteiger partial charge >= 0.3 is 11.9 Å². The number of carboxylic acids is 1. The second kappa shape index (κ2) is 7.21. The number of para-hydroxylation sites is 1. The van der Waals surface area contributed by atoms with E-state index in [1.807, 2.05) is 18.2 Å². The van der Waals surface area contributed by atoms with E-state index >= 15 is 0 Å². The van der Waals surface area contributed by atoms with Gasteiger partial charge in [0.15, 0.2) is 6.61 Å². The van der Waals surface area contributed by atoms with Crippen molar-refractivity contribution in [2.75, 3.05) is 13.2 Å². The first-order valence-corrected chi connectivity index (χ1v) is 8.34. The molecule has 0 spiro atoms. The number of ether oxygens (including phenoxy) is 3. The number of aliphatic carboxylic acids is 1. The molecule has 3 rings (SSSR count). The lowest BCUT2D eigenvalue weighted by molar-refractivity contribution is -0.146. The summed E-state index contributed by atoms with van der Waals surface area (Å²) in [5.74, 6) is -1.15. The lowest BCUT2D eigenvalue weighted by Crippen LogP contribution is -2.34. The Morgan fingerprint density at radius 1 is 1.25 bits per heavy atom. The first-order valence-electron chi connectivity index (χ1n) is 8.34. The van der Waals surface area contributed by atoms with Crippen molar-refractivity contribution in [1.82, 2.24) is 0 Å². The molecule has 0 radical (unpaired) electrons. The lowest BCUT2D eigenvalue weighted by Gasteiger charge is -2.25. The fourth-order valence-corrected chi connectivity index (χ4v) is 3.78. The van der Waals surface area contributed by atoms with E-state index in [2.05, 4.69) is 0 Å². The van der Waals surface area contributed by atoms with Gasteiger partial charge in [-0.05, 0) is 37.8 Å². The van der Waals surface area contributed by atoms with Crippen molar-refractivity contribution in [2.45, 2.75) is 38.4 Å². The van der Waals surface area contributed by atoms with E-state index in [4.69, 9.17) is 14.2 Å². The average Bonchev–Trinajstić information content (AvgIpc) is 3.15. The summed E-state index contributed by atoms with van der Waals surface area (Å²) in [4.78, 5) is 23.1. The number of carboxylic acid groups (broad SMARTS) is 1. The zero-order valence-electron chi connectivity index (χ0n) is 13.6. The van der Waals surface area contributed by atoms with Gasteiger partial charge in [0.1, 0.15) is 5.75 Å². The molecule has 0 aliphatic carbocycles. The minimum absolute atomic E-state index is 0.00536. The van der Waals surface area contributed by atoms with Gasteiger partial charge in [0, 0.05) is 5.92 Å². The Labute approximate surface area is 140 Å². The van der Waals surface area contributed by atoms with E-state index < -0.39 is 17.9 Å². The maximum absolute atomic E-state index is 11.6. The standard InChI is InChI=1S/C18H22O6/c1-2-22-16(19)10-23-13-6-4-3-5-11(13)9-12-14-7-8-15(24-14)17(12)18(20)21/h3-6,12,14-15,17H,2,7-10H2,1H3,(H,20,21). The maximum atomic E-state index is 11.6. The molecule has 1 N–H and O–H groups in total. The molecule has 0 amide bonds. The van der Waals surface area contributed by atoms with Gasteiger partial charge in [-0.3, -0.25) is 4.79 Å². The minimum Gasteiger partial charge on any atom is -0.482 e. The van der Waals surface area contributed by atoms with Crippen LogP contribution in [0.4, 0.5) is 0 Å². The van der Waals surface area contributed by atoms with Gasteiger partial charge in [-0.15, -0.1) is 0 Å². The number of esters is 1. The van der Waals surface area contributed by atoms with Crippen molar-refractivity contribution in [3.8, 4) is 5.75 Å². The van der Waals surface area contributed by atoms with Gasteiger partial charge in [0.05, 0.1) is 24.7 Å². The second-order valence-electron chi connectivity index (χ2n) is 6.22. The molecule has 2 aliphatic rings. The molecule has 0 aromatic heterocycles. The highest BCUT2D eigenvalue weighted by Gasteiger charge is 2.52. The average molecular weight is 334 g/mol. The normalized spacial score (nSPS) is 27.9. The molecule has 4 unspecified atom stereocenters. The molecule has 1 aromatic rings. The van der Waals surface area contributed by atoms with Crippen LogP contribution >= 0.6 is 0 Å². The summed E-state index contributed by atoms with van der Waals surface area (Å²) in [5, 5.41) is 9.52. The smallest absolute Gasteiger partial charge is 0.344 e. The van der Waals surface area contributed by atoms with Crippen molar-refractivity contribution >= 4 is 11.9 Å². The molecule has 24 heavy (non-hydrogen) atoms. The van der Waals surface area contributed by atoms with Gasteiger partial charge in [0.2, 0.25) is 0 Å². The van der Waals surface area contributed by atoms with Gasteiger partial charge in [0.25, 0.3) is 0 Å². The SMILES string of the molecule is CCOC(=O)COc1ccccc1CC1C2CCC(O2)C1C(=O)O. The predicted molar refractivity (Wildman–Crippen MR) is 84.8 cm³/mol. The Hall–Kier alpha value is -2.08. The van der Waals surface area contributed by atoms with Gasteiger partial charge in [-0.2, -0.15) is 0 Å². The highest BCUT2D eigenvalue weighted by molar-refractivity contribution is 5.72. The largest absolute Gasteiger partial charge is 0.482 e. The van der Waals surface area contributed by atoms with Crippen molar-refractivity contribution in [3.05, 3.63) is 29.8 Å². The van der Waals surface area contributed by atoms with E-state index in [0.717, 1.165) is 18.4 Å². The molecule has 6 heteroatoms. The van der Waals surface area contributed by atoms with E-state index in [-0.39, 0.29) is 24.7 Å². The number of benzene rings is 1. The minimum atomic E-state index is -0.794. The summed E-state index contributed by atoms with van der Waals surface area (Å²) in [6.07, 6.45) is 2.11. The van der Waals surface area contributed by atoms with E-state index in [1.54, 1.807) is 13.0 Å². The predicted octanol–water partition coefficient (Wildman–Crippen LogP) is 2.05. The van der Waals surface area contributed by atoms with Crippen LogP contribution in [-0.2, 0) is 25.5 Å². The lowest BCUT2D eigenvalue weighted by atomic mass is 9.76. The third kappa shape index (κ3) is 3.38. The number of rotatable bonds is 7. The van der Waals surface area contributed by atoms with Crippen LogP contribution in [0.1, 0.15) is 25.3 Å². The fraction of sp³-hybridized carbons (Fsp3) is 0.556. The van der Waals surface area contributed by atoms with Crippen molar-refractivity contribution in [3.63, 3.8) is 0 Å². The summed E-state index contributed by atoms with van der Waals surface area (Å²) in [7, 11) is 0. The Bertz CT molecular complexity index is 613. The number of hydrogen-bond donors (Lipinski definition) is 1. The second-order valence-corrected chi connectivity index (χ2v) is 6.22. The topological polar surface area (TPSA) is 82.1 Å². The Morgan fingerprint density at radius 3 is 2.75 bits per heavy atom. The number of carbonyl (C=O) groups excluding carboxylic acids is 1. The maximum Gasteiger partial charge on any atom is 0.344 e. The molecule has 2 bridgehead atoms. The molecule has 6 nitrogen and oxygen atoms in total. The van der Waals surface area contributed by atoms with Crippen LogP contribution in [0.2, 0.25) is 0 Å². The van der Waals surface area contributed by atoms with E-state index in [1.165, 1.54) is 0 Å². The molecule has 2 fully saturated rings. The van der Waals surface area contributed by atoms with Gasteiger partial charge < -0.3 is 19.3 Å².